The van der Waals surface area contributed by atoms with Gasteiger partial charge in [0.05, 0.1) is 27.6 Å². The number of hydrogen-bond donors (Lipinski definition) is 1. The summed E-state index contributed by atoms with van der Waals surface area (Å²) in [5.41, 5.74) is 1.23. The van der Waals surface area contributed by atoms with Crippen LogP contribution in [0.15, 0.2) is 42.6 Å². The van der Waals surface area contributed by atoms with Gasteiger partial charge in [0.2, 0.25) is 10.0 Å². The van der Waals surface area contributed by atoms with Crippen molar-refractivity contribution in [2.45, 2.75) is 19.5 Å². The summed E-state index contributed by atoms with van der Waals surface area (Å²) in [5, 5.41) is 11.0. The average Bonchev–Trinajstić information content (AvgIpc) is 3.19. The summed E-state index contributed by atoms with van der Waals surface area (Å²) < 4.78 is 68.0. The molecule has 0 bridgehead atoms. The van der Waals surface area contributed by atoms with Gasteiger partial charge in [-0.1, -0.05) is 29.3 Å². The van der Waals surface area contributed by atoms with Gasteiger partial charge in [-0.3, -0.25) is 14.1 Å². The fourth-order valence-electron chi connectivity index (χ4n) is 4.75. The number of phenols is 1. The van der Waals surface area contributed by atoms with Crippen molar-refractivity contribution < 1.29 is 31.5 Å². The van der Waals surface area contributed by atoms with Crippen molar-refractivity contribution in [3.8, 4) is 5.75 Å². The van der Waals surface area contributed by atoms with E-state index in [2.05, 4.69) is 4.98 Å². The number of anilines is 1. The Kier molecular flexibility index (Phi) is 7.10. The van der Waals surface area contributed by atoms with Gasteiger partial charge in [0.1, 0.15) is 23.0 Å². The van der Waals surface area contributed by atoms with Crippen LogP contribution in [0.4, 0.5) is 18.9 Å². The zero-order valence-electron chi connectivity index (χ0n) is 21.0. The van der Waals surface area contributed by atoms with E-state index in [1.54, 1.807) is 0 Å². The lowest BCUT2D eigenvalue weighted by molar-refractivity contribution is 0.0764. The third-order valence-corrected chi connectivity index (χ3v) is 8.51. The largest absolute Gasteiger partial charge is 0.505 e. The van der Waals surface area contributed by atoms with E-state index in [4.69, 9.17) is 23.2 Å². The van der Waals surface area contributed by atoms with Gasteiger partial charge in [0, 0.05) is 49.8 Å². The highest BCUT2D eigenvalue weighted by molar-refractivity contribution is 7.92. The molecule has 0 atom stereocenters. The summed E-state index contributed by atoms with van der Waals surface area (Å²) in [5.74, 6) is -3.37. The second-order valence-electron chi connectivity index (χ2n) is 9.47. The lowest BCUT2D eigenvalue weighted by Gasteiger charge is -2.23. The molecule has 3 aromatic carbocycles. The number of halogens is 5. The highest BCUT2D eigenvalue weighted by atomic mass is 35.5. The molecule has 2 heterocycles. The van der Waals surface area contributed by atoms with Crippen LogP contribution in [0.5, 0.6) is 5.75 Å². The summed E-state index contributed by atoms with van der Waals surface area (Å²) in [7, 11) is -2.55. The van der Waals surface area contributed by atoms with Crippen molar-refractivity contribution in [2.24, 2.45) is 0 Å². The molecule has 0 radical (unpaired) electrons. The van der Waals surface area contributed by atoms with Gasteiger partial charge in [-0.15, -0.1) is 0 Å². The first-order valence-corrected chi connectivity index (χ1v) is 14.3. The number of amides is 1. The number of benzene rings is 3. The molecule has 5 rings (SSSR count). The summed E-state index contributed by atoms with van der Waals surface area (Å²) >= 11 is 11.7. The molecule has 1 N–H and O–H groups in total. The molecule has 7 nitrogen and oxygen atoms in total. The molecule has 40 heavy (non-hydrogen) atoms. The average molecular weight is 610 g/mol. The van der Waals surface area contributed by atoms with Crippen molar-refractivity contribution in [3.05, 3.63) is 97.9 Å². The fourth-order valence-corrected chi connectivity index (χ4v) is 5.68. The van der Waals surface area contributed by atoms with E-state index in [0.29, 0.717) is 17.2 Å². The van der Waals surface area contributed by atoms with Crippen molar-refractivity contribution >= 4 is 55.7 Å². The van der Waals surface area contributed by atoms with Gasteiger partial charge >= 0.3 is 0 Å². The molecule has 1 aliphatic rings. The first kappa shape index (κ1) is 28.0. The molecule has 4 aromatic rings. The number of fused-ring (bicyclic) bond motifs is 2. The second-order valence-corrected chi connectivity index (χ2v) is 12.3. The molecule has 13 heteroatoms. The Bertz CT molecular complexity index is 1840. The molecule has 0 unspecified atom stereocenters. The summed E-state index contributed by atoms with van der Waals surface area (Å²) in [6.07, 6.45) is 2.26. The third-order valence-electron chi connectivity index (χ3n) is 6.75. The normalized spacial score (nSPS) is 13.3. The Labute approximate surface area is 237 Å². The Morgan fingerprint density at radius 2 is 1.73 bits per heavy atom. The lowest BCUT2D eigenvalue weighted by Crippen LogP contribution is -2.26. The molecular formula is C27H20Cl2F3N3O4S. The van der Waals surface area contributed by atoms with Crippen LogP contribution in [0.25, 0.3) is 10.9 Å². The van der Waals surface area contributed by atoms with Crippen LogP contribution < -0.4 is 4.31 Å². The second kappa shape index (κ2) is 10.1. The standard InChI is InChI=1S/C27H20Cl2F3N3O4S/c1-34(40(2,38)39)25-16-6-14(5-15-8-19(29)22(32)9-21(15)31)10-33-24(16)26(36)23-17(25)12-35(27(23)37)11-13-3-4-20(30)18(28)7-13/h3-4,6-10,36H,5,11-12H2,1-2H3. The number of rotatable bonds is 6. The lowest BCUT2D eigenvalue weighted by atomic mass is 9.98. The van der Waals surface area contributed by atoms with Crippen molar-refractivity contribution in [2.75, 3.05) is 17.6 Å². The Morgan fingerprint density at radius 3 is 2.40 bits per heavy atom. The van der Waals surface area contributed by atoms with E-state index in [9.17, 15) is 31.5 Å². The van der Waals surface area contributed by atoms with E-state index in [0.717, 1.165) is 16.6 Å². The van der Waals surface area contributed by atoms with Gasteiger partial charge in [0.15, 0.2) is 5.75 Å². The molecule has 1 aromatic heterocycles. The van der Waals surface area contributed by atoms with E-state index < -0.39 is 39.1 Å². The number of carbonyl (C=O) groups excluding carboxylic acids is 1. The van der Waals surface area contributed by atoms with Gasteiger partial charge in [0.25, 0.3) is 5.91 Å². The molecule has 208 valence electrons. The zero-order chi connectivity index (χ0) is 29.1. The van der Waals surface area contributed by atoms with Crippen molar-refractivity contribution in [3.63, 3.8) is 0 Å². The van der Waals surface area contributed by atoms with E-state index in [-0.39, 0.29) is 62.8 Å². The van der Waals surface area contributed by atoms with Crippen LogP contribution in [0.1, 0.15) is 32.6 Å². The van der Waals surface area contributed by atoms with Gasteiger partial charge in [-0.05, 0) is 41.0 Å². The minimum atomic E-state index is -3.86. The number of hydrogen-bond acceptors (Lipinski definition) is 5. The maximum absolute atomic E-state index is 14.4. The SMILES string of the molecule is CN(c1c2c(c(O)c3ncc(Cc4cc(Cl)c(F)cc4F)cc13)C(=O)N(Cc1ccc(F)c(Cl)c1)C2)S(C)(=O)=O. The Morgan fingerprint density at radius 1 is 1.02 bits per heavy atom. The Balaban J connectivity index is 1.65. The monoisotopic (exact) mass is 609 g/mol. The molecule has 0 saturated carbocycles. The maximum Gasteiger partial charge on any atom is 0.258 e. The minimum Gasteiger partial charge on any atom is -0.505 e. The van der Waals surface area contributed by atoms with E-state index in [1.807, 2.05) is 0 Å². The molecule has 0 fully saturated rings. The van der Waals surface area contributed by atoms with Gasteiger partial charge in [-0.25, -0.2) is 21.6 Å². The van der Waals surface area contributed by atoms with Crippen LogP contribution in [0, 0.1) is 17.5 Å². The molecule has 0 saturated heterocycles. The van der Waals surface area contributed by atoms with Crippen LogP contribution in [0.3, 0.4) is 0 Å². The minimum absolute atomic E-state index is 0.00854. The van der Waals surface area contributed by atoms with Crippen molar-refractivity contribution in [1.82, 2.24) is 9.88 Å². The highest BCUT2D eigenvalue weighted by Gasteiger charge is 2.37. The molecule has 0 aliphatic carbocycles. The van der Waals surface area contributed by atoms with Crippen LogP contribution >= 0.6 is 23.2 Å². The molecule has 1 aliphatic heterocycles. The Hall–Kier alpha value is -3.54. The number of pyridine rings is 1. The number of aromatic nitrogens is 1. The van der Waals surface area contributed by atoms with Crippen LogP contribution in [-0.2, 0) is 29.5 Å². The highest BCUT2D eigenvalue weighted by Crippen LogP contribution is 2.45. The quantitative estimate of drug-likeness (QED) is 0.279. The predicted octanol–water partition coefficient (Wildman–Crippen LogP) is 5.81. The number of carbonyl (C=O) groups is 1. The summed E-state index contributed by atoms with van der Waals surface area (Å²) in [6.45, 7) is -0.0666. The third kappa shape index (κ3) is 4.93. The van der Waals surface area contributed by atoms with Crippen LogP contribution in [-0.4, -0.2) is 42.6 Å². The van der Waals surface area contributed by atoms with E-state index in [1.165, 1.54) is 42.4 Å². The number of sulfonamides is 1. The molecule has 1 amide bonds. The number of phenolic OH excluding ortho intramolecular Hbond substituents is 1. The van der Waals surface area contributed by atoms with E-state index >= 15 is 0 Å². The smallest absolute Gasteiger partial charge is 0.258 e. The predicted molar refractivity (Wildman–Crippen MR) is 146 cm³/mol. The number of nitrogens with zero attached hydrogens (tertiary/aromatic N) is 3. The first-order valence-electron chi connectivity index (χ1n) is 11.7. The van der Waals surface area contributed by atoms with Crippen LogP contribution in [0.2, 0.25) is 10.0 Å². The maximum atomic E-state index is 14.4. The molecule has 0 spiro atoms. The molecular weight excluding hydrogens is 590 g/mol. The number of aromatic hydroxyl groups is 1. The first-order chi connectivity index (χ1) is 18.8. The van der Waals surface area contributed by atoms with Gasteiger partial charge in [-0.2, -0.15) is 0 Å². The fraction of sp³-hybridized carbons (Fsp3) is 0.185. The van der Waals surface area contributed by atoms with Crippen molar-refractivity contribution in [1.29, 1.82) is 0 Å². The van der Waals surface area contributed by atoms with Gasteiger partial charge < -0.3 is 10.0 Å². The zero-order valence-corrected chi connectivity index (χ0v) is 23.3. The summed E-state index contributed by atoms with van der Waals surface area (Å²) in [6, 6.07) is 7.36. The topological polar surface area (TPSA) is 90.8 Å². The summed E-state index contributed by atoms with van der Waals surface area (Å²) in [4.78, 5) is 19.1.